The summed E-state index contributed by atoms with van der Waals surface area (Å²) in [6, 6.07) is 8.50. The smallest absolute Gasteiger partial charge is 0.249 e. The number of likely N-dealkylation sites (N-methyl/N-ethyl adjacent to an activating group) is 1. The van der Waals surface area contributed by atoms with Gasteiger partial charge >= 0.3 is 0 Å². The number of pyridine rings is 1. The highest BCUT2D eigenvalue weighted by Crippen LogP contribution is 2.40. The molecule has 2 atom stereocenters. The number of carbonyl (C=O) groups excluding carboxylic acids is 3. The summed E-state index contributed by atoms with van der Waals surface area (Å²) in [5.74, 6) is -0.176. The average Bonchev–Trinajstić information content (AvgIpc) is 3.07. The van der Waals surface area contributed by atoms with Gasteiger partial charge in [0.15, 0.2) is 5.82 Å². The molecule has 2 aliphatic heterocycles. The maximum absolute atomic E-state index is 13.3. The zero-order chi connectivity index (χ0) is 20.9. The molecule has 3 heterocycles. The fourth-order valence-electron chi connectivity index (χ4n) is 4.09. The van der Waals surface area contributed by atoms with E-state index in [0.29, 0.717) is 30.2 Å². The summed E-state index contributed by atoms with van der Waals surface area (Å²) in [6.45, 7) is 3.04. The quantitative estimate of drug-likeness (QED) is 0.783. The van der Waals surface area contributed by atoms with Gasteiger partial charge < -0.3 is 4.90 Å². The van der Waals surface area contributed by atoms with Crippen LogP contribution in [0.2, 0.25) is 0 Å². The van der Waals surface area contributed by atoms with Crippen molar-refractivity contribution >= 4 is 35.0 Å². The third kappa shape index (κ3) is 3.04. The number of nitrogens with zero attached hydrogens (tertiary/aromatic N) is 4. The van der Waals surface area contributed by atoms with Crippen molar-refractivity contribution in [2.24, 2.45) is 0 Å². The van der Waals surface area contributed by atoms with E-state index < -0.39 is 6.04 Å². The van der Waals surface area contributed by atoms with Gasteiger partial charge in [-0.2, -0.15) is 0 Å². The molecule has 8 heteroatoms. The van der Waals surface area contributed by atoms with E-state index in [0.717, 1.165) is 5.56 Å². The van der Waals surface area contributed by atoms with E-state index in [4.69, 9.17) is 0 Å². The number of aromatic nitrogens is 1. The molecule has 150 valence electrons. The minimum Gasteiger partial charge on any atom is -0.310 e. The summed E-state index contributed by atoms with van der Waals surface area (Å²) >= 11 is 0. The van der Waals surface area contributed by atoms with Gasteiger partial charge in [-0.15, -0.1) is 0 Å². The highest BCUT2D eigenvalue weighted by Gasteiger charge is 2.39. The number of hydrogen-bond donors (Lipinski definition) is 0. The van der Waals surface area contributed by atoms with Crippen molar-refractivity contribution in [2.45, 2.75) is 38.8 Å². The van der Waals surface area contributed by atoms with Crippen molar-refractivity contribution in [3.8, 4) is 0 Å². The molecule has 2 aliphatic rings. The minimum atomic E-state index is -0.685. The molecule has 1 aromatic heterocycles. The Hall–Kier alpha value is -3.29. The Morgan fingerprint density at radius 2 is 1.83 bits per heavy atom. The van der Waals surface area contributed by atoms with Crippen LogP contribution in [-0.2, 0) is 14.4 Å². The van der Waals surface area contributed by atoms with Gasteiger partial charge in [0.25, 0.3) is 0 Å². The van der Waals surface area contributed by atoms with Crippen LogP contribution in [0.4, 0.5) is 21.7 Å². The van der Waals surface area contributed by atoms with Crippen molar-refractivity contribution < 1.29 is 18.8 Å². The van der Waals surface area contributed by atoms with Crippen molar-refractivity contribution in [3.63, 3.8) is 0 Å². The Balaban J connectivity index is 1.79. The minimum absolute atomic E-state index is 0.0885. The standard InChI is InChI=1S/C21H21FN4O3/c1-12-21(29)24(3)17-8-10-18(23-20(17)25(12)13(2)27)26-16(9-11-19(26)28)14-4-6-15(22)7-5-14/h4-8,10,12,16H,9,11H2,1-3H3/t12-,16?/m1/s1. The number of anilines is 3. The molecule has 0 radical (unpaired) electrons. The number of halogens is 1. The molecule has 1 fully saturated rings. The van der Waals surface area contributed by atoms with Gasteiger partial charge in [0.2, 0.25) is 17.7 Å². The lowest BCUT2D eigenvalue weighted by molar-refractivity contribution is -0.124. The molecule has 4 rings (SSSR count). The Bertz CT molecular complexity index is 1010. The Morgan fingerprint density at radius 3 is 2.48 bits per heavy atom. The van der Waals surface area contributed by atoms with Crippen LogP contribution in [0, 0.1) is 5.82 Å². The van der Waals surface area contributed by atoms with Crippen LogP contribution in [0.3, 0.4) is 0 Å². The number of fused-ring (bicyclic) bond motifs is 1. The van der Waals surface area contributed by atoms with Crippen LogP contribution in [0.5, 0.6) is 0 Å². The van der Waals surface area contributed by atoms with Crippen molar-refractivity contribution in [2.75, 3.05) is 21.7 Å². The van der Waals surface area contributed by atoms with E-state index in [1.807, 2.05) is 0 Å². The molecular formula is C21H21FN4O3. The lowest BCUT2D eigenvalue weighted by Crippen LogP contribution is -2.53. The van der Waals surface area contributed by atoms with Gasteiger partial charge in [0, 0.05) is 20.4 Å². The van der Waals surface area contributed by atoms with Crippen LogP contribution in [-0.4, -0.2) is 35.8 Å². The molecule has 1 aromatic carbocycles. The molecule has 1 saturated heterocycles. The van der Waals surface area contributed by atoms with E-state index in [1.165, 1.54) is 28.9 Å². The van der Waals surface area contributed by atoms with Gasteiger partial charge in [0.05, 0.1) is 11.7 Å². The van der Waals surface area contributed by atoms with E-state index in [1.54, 1.807) is 43.1 Å². The third-order valence-electron chi connectivity index (χ3n) is 5.56. The van der Waals surface area contributed by atoms with Gasteiger partial charge in [0.1, 0.15) is 17.7 Å². The summed E-state index contributed by atoms with van der Waals surface area (Å²) in [6.07, 6.45) is 0.945. The second kappa shape index (κ2) is 6.95. The van der Waals surface area contributed by atoms with Gasteiger partial charge in [-0.05, 0) is 43.2 Å². The van der Waals surface area contributed by atoms with Crippen molar-refractivity contribution in [3.05, 3.63) is 47.8 Å². The first-order chi connectivity index (χ1) is 13.8. The fraction of sp³-hybridized carbons (Fsp3) is 0.333. The molecule has 3 amide bonds. The lowest BCUT2D eigenvalue weighted by Gasteiger charge is -2.38. The monoisotopic (exact) mass is 396 g/mol. The number of carbonyl (C=O) groups is 3. The molecule has 0 N–H and O–H groups in total. The summed E-state index contributed by atoms with van der Waals surface area (Å²) in [5.41, 5.74) is 1.33. The van der Waals surface area contributed by atoms with Crippen molar-refractivity contribution in [1.82, 2.24) is 4.98 Å². The Labute approximate surface area is 167 Å². The average molecular weight is 396 g/mol. The molecule has 7 nitrogen and oxygen atoms in total. The zero-order valence-electron chi connectivity index (χ0n) is 16.4. The molecule has 0 bridgehead atoms. The topological polar surface area (TPSA) is 73.8 Å². The summed E-state index contributed by atoms with van der Waals surface area (Å²) in [7, 11) is 1.64. The second-order valence-corrected chi connectivity index (χ2v) is 7.34. The van der Waals surface area contributed by atoms with Crippen LogP contribution in [0.15, 0.2) is 36.4 Å². The number of amides is 3. The fourth-order valence-corrected chi connectivity index (χ4v) is 4.09. The summed E-state index contributed by atoms with van der Waals surface area (Å²) in [5, 5.41) is 0. The van der Waals surface area contributed by atoms with E-state index in [-0.39, 0.29) is 29.6 Å². The van der Waals surface area contributed by atoms with Crippen molar-refractivity contribution in [1.29, 1.82) is 0 Å². The first kappa shape index (κ1) is 19.0. The Kier molecular flexibility index (Phi) is 4.56. The zero-order valence-corrected chi connectivity index (χ0v) is 16.4. The molecule has 1 unspecified atom stereocenters. The van der Waals surface area contributed by atoms with E-state index in [9.17, 15) is 18.8 Å². The first-order valence-electron chi connectivity index (χ1n) is 9.45. The third-order valence-corrected chi connectivity index (χ3v) is 5.56. The number of hydrogen-bond acceptors (Lipinski definition) is 4. The maximum Gasteiger partial charge on any atom is 0.249 e. The SMILES string of the molecule is CC(=O)N1c2nc(N3C(=O)CCC3c3ccc(F)cc3)ccc2N(C)C(=O)[C@H]1C. The maximum atomic E-state index is 13.3. The molecule has 0 aliphatic carbocycles. The normalized spacial score (nSPS) is 21.6. The molecule has 0 saturated carbocycles. The van der Waals surface area contributed by atoms with Crippen LogP contribution < -0.4 is 14.7 Å². The van der Waals surface area contributed by atoms with Crippen LogP contribution >= 0.6 is 0 Å². The Morgan fingerprint density at radius 1 is 1.14 bits per heavy atom. The van der Waals surface area contributed by atoms with E-state index >= 15 is 0 Å². The van der Waals surface area contributed by atoms with Crippen LogP contribution in [0.25, 0.3) is 0 Å². The molecule has 29 heavy (non-hydrogen) atoms. The second-order valence-electron chi connectivity index (χ2n) is 7.34. The summed E-state index contributed by atoms with van der Waals surface area (Å²) < 4.78 is 13.3. The molecular weight excluding hydrogens is 375 g/mol. The highest BCUT2D eigenvalue weighted by atomic mass is 19.1. The van der Waals surface area contributed by atoms with Gasteiger partial charge in [-0.3, -0.25) is 24.2 Å². The lowest BCUT2D eigenvalue weighted by atomic mass is 10.0. The first-order valence-corrected chi connectivity index (χ1v) is 9.45. The van der Waals surface area contributed by atoms with Gasteiger partial charge in [-0.25, -0.2) is 9.37 Å². The van der Waals surface area contributed by atoms with E-state index in [2.05, 4.69) is 4.98 Å². The largest absolute Gasteiger partial charge is 0.310 e. The predicted molar refractivity (Wildman–Crippen MR) is 106 cm³/mol. The predicted octanol–water partition coefficient (Wildman–Crippen LogP) is 2.81. The molecule has 2 aromatic rings. The van der Waals surface area contributed by atoms with Crippen LogP contribution in [0.1, 0.15) is 38.3 Å². The number of rotatable bonds is 2. The van der Waals surface area contributed by atoms with Gasteiger partial charge in [-0.1, -0.05) is 12.1 Å². The summed E-state index contributed by atoms with van der Waals surface area (Å²) in [4.78, 5) is 46.4. The number of benzene rings is 1. The highest BCUT2D eigenvalue weighted by molar-refractivity contribution is 6.11. The molecule has 0 spiro atoms.